The summed E-state index contributed by atoms with van der Waals surface area (Å²) in [6, 6.07) is 0. The molecule has 0 aliphatic carbocycles. The van der Waals surface area contributed by atoms with E-state index in [0.29, 0.717) is 19.6 Å². The van der Waals surface area contributed by atoms with Crippen LogP contribution in [-0.2, 0) is 4.74 Å². The summed E-state index contributed by atoms with van der Waals surface area (Å²) in [5, 5.41) is 0.991. The Kier molecular flexibility index (Phi) is 5.32. The standard InChI is InChI=1S/C17H28N4O2S/c1-12-10-18-14(19-13(12)24-7)21-9-8-20(11-17(21,5)6)15(22)23-16(2,3)4/h10H,8-9,11H2,1-7H3. The Morgan fingerprint density at radius 1 is 1.33 bits per heavy atom. The lowest BCUT2D eigenvalue weighted by molar-refractivity contribution is 0.0178. The van der Waals surface area contributed by atoms with Gasteiger partial charge in [0.05, 0.1) is 5.54 Å². The molecule has 0 aromatic carbocycles. The molecule has 0 radical (unpaired) electrons. The number of amides is 1. The number of aryl methyl sites for hydroxylation is 1. The predicted molar refractivity (Wildman–Crippen MR) is 97.8 cm³/mol. The Labute approximate surface area is 149 Å². The van der Waals surface area contributed by atoms with Crippen LogP contribution in [0.4, 0.5) is 10.7 Å². The smallest absolute Gasteiger partial charge is 0.410 e. The minimum Gasteiger partial charge on any atom is -0.444 e. The molecule has 1 fully saturated rings. The molecule has 1 saturated heterocycles. The van der Waals surface area contributed by atoms with Crippen molar-refractivity contribution in [3.8, 4) is 0 Å². The highest BCUT2D eigenvalue weighted by atomic mass is 32.2. The van der Waals surface area contributed by atoms with Crippen LogP contribution in [0.2, 0.25) is 0 Å². The Balaban J connectivity index is 2.16. The highest BCUT2D eigenvalue weighted by molar-refractivity contribution is 7.98. The highest BCUT2D eigenvalue weighted by Crippen LogP contribution is 2.28. The van der Waals surface area contributed by atoms with Gasteiger partial charge in [0.25, 0.3) is 0 Å². The fourth-order valence-corrected chi connectivity index (χ4v) is 3.31. The summed E-state index contributed by atoms with van der Waals surface area (Å²) in [7, 11) is 0. The summed E-state index contributed by atoms with van der Waals surface area (Å²) >= 11 is 1.62. The quantitative estimate of drug-likeness (QED) is 0.601. The van der Waals surface area contributed by atoms with Crippen LogP contribution in [-0.4, -0.2) is 58.0 Å². The molecule has 0 unspecified atom stereocenters. The van der Waals surface area contributed by atoms with E-state index in [2.05, 4.69) is 28.7 Å². The average Bonchev–Trinajstić information content (AvgIpc) is 2.45. The number of thioether (sulfide) groups is 1. The van der Waals surface area contributed by atoms with Gasteiger partial charge < -0.3 is 14.5 Å². The van der Waals surface area contributed by atoms with Crippen molar-refractivity contribution in [1.29, 1.82) is 0 Å². The van der Waals surface area contributed by atoms with Crippen molar-refractivity contribution in [3.63, 3.8) is 0 Å². The Morgan fingerprint density at radius 3 is 2.54 bits per heavy atom. The zero-order chi connectivity index (χ0) is 18.1. The maximum Gasteiger partial charge on any atom is 0.410 e. The third-order valence-electron chi connectivity index (χ3n) is 3.90. The lowest BCUT2D eigenvalue weighted by atomic mass is 9.99. The summed E-state index contributed by atoms with van der Waals surface area (Å²) in [6.45, 7) is 13.7. The van der Waals surface area contributed by atoms with Gasteiger partial charge in [-0.15, -0.1) is 11.8 Å². The summed E-state index contributed by atoms with van der Waals surface area (Å²) in [6.07, 6.45) is 3.62. The number of anilines is 1. The van der Waals surface area contributed by atoms with Crippen LogP contribution in [0.3, 0.4) is 0 Å². The normalized spacial score (nSPS) is 17.8. The zero-order valence-corrected chi connectivity index (χ0v) is 16.5. The van der Waals surface area contributed by atoms with E-state index < -0.39 is 5.60 Å². The SMILES string of the molecule is CSc1nc(N2CCN(C(=O)OC(C)(C)C)CC2(C)C)ncc1C. The number of ether oxygens (including phenoxy) is 1. The second kappa shape index (κ2) is 6.78. The van der Waals surface area contributed by atoms with E-state index in [0.717, 1.165) is 16.5 Å². The maximum atomic E-state index is 12.3. The monoisotopic (exact) mass is 352 g/mol. The molecule has 1 aliphatic heterocycles. The molecule has 2 rings (SSSR count). The maximum absolute atomic E-state index is 12.3. The third kappa shape index (κ3) is 4.32. The number of carbonyl (C=O) groups is 1. The summed E-state index contributed by atoms with van der Waals surface area (Å²) in [5.41, 5.74) is 0.336. The van der Waals surface area contributed by atoms with E-state index in [1.165, 1.54) is 0 Å². The van der Waals surface area contributed by atoms with Crippen LogP contribution in [0.1, 0.15) is 40.2 Å². The second-order valence-corrected chi connectivity index (χ2v) is 8.52. The Hall–Kier alpha value is -1.50. The van der Waals surface area contributed by atoms with E-state index in [1.807, 2.05) is 40.1 Å². The molecule has 0 saturated carbocycles. The van der Waals surface area contributed by atoms with Gasteiger partial charge in [0, 0.05) is 25.8 Å². The predicted octanol–water partition coefficient (Wildman–Crippen LogP) is 3.34. The van der Waals surface area contributed by atoms with Crippen LogP contribution in [0.15, 0.2) is 11.2 Å². The van der Waals surface area contributed by atoms with E-state index in [9.17, 15) is 4.79 Å². The molecule has 0 spiro atoms. The van der Waals surface area contributed by atoms with Crippen molar-refractivity contribution >= 4 is 23.8 Å². The Bertz CT molecular complexity index is 613. The van der Waals surface area contributed by atoms with Gasteiger partial charge in [-0.25, -0.2) is 14.8 Å². The van der Waals surface area contributed by atoms with Crippen molar-refractivity contribution in [2.45, 2.75) is 57.7 Å². The molecule has 0 bridgehead atoms. The molecule has 1 aromatic heterocycles. The van der Waals surface area contributed by atoms with Gasteiger partial charge in [-0.3, -0.25) is 0 Å². The van der Waals surface area contributed by atoms with E-state index in [-0.39, 0.29) is 11.6 Å². The fourth-order valence-electron chi connectivity index (χ4n) is 2.76. The second-order valence-electron chi connectivity index (χ2n) is 7.73. The van der Waals surface area contributed by atoms with Gasteiger partial charge in [0.15, 0.2) is 0 Å². The number of rotatable bonds is 2. The van der Waals surface area contributed by atoms with Gasteiger partial charge in [0.1, 0.15) is 10.6 Å². The molecule has 134 valence electrons. The average molecular weight is 353 g/mol. The minimum atomic E-state index is -0.480. The first kappa shape index (κ1) is 18.8. The lowest BCUT2D eigenvalue weighted by Crippen LogP contribution is -2.61. The first-order chi connectivity index (χ1) is 11.0. The summed E-state index contributed by atoms with van der Waals surface area (Å²) in [4.78, 5) is 25.5. The van der Waals surface area contributed by atoms with Crippen LogP contribution >= 0.6 is 11.8 Å². The van der Waals surface area contributed by atoms with Gasteiger partial charge in [-0.05, 0) is 53.4 Å². The molecule has 0 N–H and O–H groups in total. The zero-order valence-electron chi connectivity index (χ0n) is 15.7. The van der Waals surface area contributed by atoms with Crippen molar-refractivity contribution in [3.05, 3.63) is 11.8 Å². The van der Waals surface area contributed by atoms with Gasteiger partial charge in [0.2, 0.25) is 5.95 Å². The molecule has 2 heterocycles. The molecule has 1 aliphatic rings. The summed E-state index contributed by atoms with van der Waals surface area (Å²) in [5.74, 6) is 0.721. The Morgan fingerprint density at radius 2 is 2.00 bits per heavy atom. The fraction of sp³-hybridized carbons (Fsp3) is 0.706. The van der Waals surface area contributed by atoms with Crippen molar-refractivity contribution in [2.75, 3.05) is 30.8 Å². The number of hydrogen-bond donors (Lipinski definition) is 0. The van der Waals surface area contributed by atoms with Gasteiger partial charge >= 0.3 is 6.09 Å². The molecule has 1 amide bonds. The first-order valence-electron chi connectivity index (χ1n) is 8.17. The first-order valence-corrected chi connectivity index (χ1v) is 9.39. The lowest BCUT2D eigenvalue weighted by Gasteiger charge is -2.47. The summed E-state index contributed by atoms with van der Waals surface area (Å²) < 4.78 is 5.50. The largest absolute Gasteiger partial charge is 0.444 e. The number of carbonyl (C=O) groups excluding carboxylic acids is 1. The van der Waals surface area contributed by atoms with Crippen LogP contribution in [0, 0.1) is 6.92 Å². The van der Waals surface area contributed by atoms with Crippen molar-refractivity contribution in [1.82, 2.24) is 14.9 Å². The van der Waals surface area contributed by atoms with Gasteiger partial charge in [-0.2, -0.15) is 0 Å². The number of piperazine rings is 1. The van der Waals surface area contributed by atoms with E-state index >= 15 is 0 Å². The van der Waals surface area contributed by atoms with Crippen molar-refractivity contribution < 1.29 is 9.53 Å². The van der Waals surface area contributed by atoms with E-state index in [4.69, 9.17) is 4.74 Å². The molecule has 24 heavy (non-hydrogen) atoms. The topological polar surface area (TPSA) is 58.6 Å². The minimum absolute atomic E-state index is 0.259. The molecule has 0 atom stereocenters. The number of aromatic nitrogens is 2. The van der Waals surface area contributed by atoms with E-state index in [1.54, 1.807) is 16.7 Å². The van der Waals surface area contributed by atoms with Crippen LogP contribution in [0.5, 0.6) is 0 Å². The molecule has 1 aromatic rings. The van der Waals surface area contributed by atoms with Crippen molar-refractivity contribution in [2.24, 2.45) is 0 Å². The third-order valence-corrected chi connectivity index (χ3v) is 4.70. The van der Waals surface area contributed by atoms with Crippen LogP contribution in [0.25, 0.3) is 0 Å². The molecule has 7 heteroatoms. The molecule has 6 nitrogen and oxygen atoms in total. The number of nitrogens with zero attached hydrogens (tertiary/aromatic N) is 4. The molecular weight excluding hydrogens is 324 g/mol. The van der Waals surface area contributed by atoms with Gasteiger partial charge in [-0.1, -0.05) is 0 Å². The molecular formula is C17H28N4O2S. The van der Waals surface area contributed by atoms with Crippen LogP contribution < -0.4 is 4.90 Å². The number of hydrogen-bond acceptors (Lipinski definition) is 6. The highest BCUT2D eigenvalue weighted by Gasteiger charge is 2.38.